The topological polar surface area (TPSA) is 107 Å². The van der Waals surface area contributed by atoms with E-state index in [0.717, 1.165) is 29.5 Å². The summed E-state index contributed by atoms with van der Waals surface area (Å²) in [5.41, 5.74) is 3.47. The largest absolute Gasteiger partial charge is 0.362 e. The Morgan fingerprint density at radius 2 is 2.05 bits per heavy atom. The van der Waals surface area contributed by atoms with Gasteiger partial charge >= 0.3 is 0 Å². The number of nitrogens with two attached hydrogens (primary N) is 1. The molecule has 4 N–H and O–H groups in total. The van der Waals surface area contributed by atoms with Crippen molar-refractivity contribution in [2.45, 2.75) is 26.8 Å². The fourth-order valence-electron chi connectivity index (χ4n) is 1.66. The number of hydrogen-bond donors (Lipinski definition) is 3. The van der Waals surface area contributed by atoms with Gasteiger partial charge in [0.2, 0.25) is 0 Å². The molecule has 0 spiro atoms. The fourth-order valence-corrected chi connectivity index (χ4v) is 1.66. The maximum absolute atomic E-state index is 5.46. The third-order valence-corrected chi connectivity index (χ3v) is 2.86. The molecule has 0 amide bonds. The van der Waals surface area contributed by atoms with E-state index in [4.69, 9.17) is 5.84 Å². The van der Waals surface area contributed by atoms with E-state index in [1.54, 1.807) is 6.33 Å². The molecule has 0 radical (unpaired) electrons. The Kier molecular flexibility index (Phi) is 3.91. The van der Waals surface area contributed by atoms with Gasteiger partial charge in [0.25, 0.3) is 0 Å². The zero-order valence-electron chi connectivity index (χ0n) is 11.3. The van der Waals surface area contributed by atoms with Crippen molar-refractivity contribution in [3.63, 3.8) is 0 Å². The van der Waals surface area contributed by atoms with Crippen molar-refractivity contribution in [3.05, 3.63) is 23.5 Å². The van der Waals surface area contributed by atoms with Crippen LogP contribution in [0.2, 0.25) is 0 Å². The second-order valence-electron chi connectivity index (χ2n) is 4.17. The first-order valence-corrected chi connectivity index (χ1v) is 6.06. The van der Waals surface area contributed by atoms with E-state index in [1.165, 1.54) is 0 Å². The third-order valence-electron chi connectivity index (χ3n) is 2.86. The molecule has 0 bridgehead atoms. The monoisotopic (exact) mass is 262 g/mol. The summed E-state index contributed by atoms with van der Waals surface area (Å²) in [7, 11) is 1.90. The van der Waals surface area contributed by atoms with Gasteiger partial charge in [-0.25, -0.2) is 15.8 Å². The number of nitrogens with zero attached hydrogens (tertiary/aromatic N) is 5. The zero-order valence-corrected chi connectivity index (χ0v) is 11.3. The SMILES string of the molecule is CCc1nc(NN)c(C)c(NCc2nncn2C)n1. The molecule has 0 unspecified atom stereocenters. The highest BCUT2D eigenvalue weighted by Crippen LogP contribution is 2.19. The van der Waals surface area contributed by atoms with Crippen LogP contribution in [0.25, 0.3) is 0 Å². The van der Waals surface area contributed by atoms with Crippen LogP contribution in [0.1, 0.15) is 24.1 Å². The summed E-state index contributed by atoms with van der Waals surface area (Å²) in [5.74, 6) is 8.41. The summed E-state index contributed by atoms with van der Waals surface area (Å²) in [6, 6.07) is 0. The molecule has 2 aromatic rings. The van der Waals surface area contributed by atoms with Crippen molar-refractivity contribution in [2.75, 3.05) is 10.7 Å². The van der Waals surface area contributed by atoms with Crippen LogP contribution in [-0.2, 0) is 20.0 Å². The molecule has 0 saturated carbocycles. The molecule has 8 heteroatoms. The van der Waals surface area contributed by atoms with Crippen LogP contribution in [0.5, 0.6) is 0 Å². The highest BCUT2D eigenvalue weighted by Gasteiger charge is 2.10. The standard InChI is InChI=1S/C11H18N8/c1-4-8-15-10(7(2)11(16-8)17-12)13-5-9-18-14-6-19(9)3/h6H,4-5,12H2,1-3H3,(H2,13,15,16,17). The predicted octanol–water partition coefficient (Wildman–Crippen LogP) is 0.374. The Morgan fingerprint density at radius 1 is 1.32 bits per heavy atom. The van der Waals surface area contributed by atoms with E-state index in [2.05, 4.69) is 30.9 Å². The van der Waals surface area contributed by atoms with Crippen LogP contribution in [0.4, 0.5) is 11.6 Å². The van der Waals surface area contributed by atoms with E-state index in [1.807, 2.05) is 25.5 Å². The minimum atomic E-state index is 0.543. The summed E-state index contributed by atoms with van der Waals surface area (Å²) in [6.45, 7) is 4.45. The maximum atomic E-state index is 5.46. The van der Waals surface area contributed by atoms with Gasteiger partial charge in [0, 0.05) is 19.0 Å². The van der Waals surface area contributed by atoms with Crippen molar-refractivity contribution in [1.82, 2.24) is 24.7 Å². The predicted molar refractivity (Wildman–Crippen MR) is 72.3 cm³/mol. The quantitative estimate of drug-likeness (QED) is 0.528. The van der Waals surface area contributed by atoms with Gasteiger partial charge in [-0.05, 0) is 6.92 Å². The van der Waals surface area contributed by atoms with Crippen LogP contribution in [0.3, 0.4) is 0 Å². The third kappa shape index (κ3) is 2.79. The van der Waals surface area contributed by atoms with Crippen LogP contribution < -0.4 is 16.6 Å². The Morgan fingerprint density at radius 3 is 2.63 bits per heavy atom. The molecule has 8 nitrogen and oxygen atoms in total. The molecule has 102 valence electrons. The normalized spacial score (nSPS) is 10.5. The average Bonchev–Trinajstić information content (AvgIpc) is 2.83. The molecule has 0 fully saturated rings. The van der Waals surface area contributed by atoms with Crippen LogP contribution >= 0.6 is 0 Å². The summed E-state index contributed by atoms with van der Waals surface area (Å²) in [4.78, 5) is 8.77. The van der Waals surface area contributed by atoms with E-state index >= 15 is 0 Å². The van der Waals surface area contributed by atoms with Crippen molar-refractivity contribution < 1.29 is 0 Å². The number of nitrogen functional groups attached to an aromatic ring is 1. The minimum absolute atomic E-state index is 0.543. The van der Waals surface area contributed by atoms with E-state index in [-0.39, 0.29) is 0 Å². The second-order valence-corrected chi connectivity index (χ2v) is 4.17. The van der Waals surface area contributed by atoms with Gasteiger partial charge in [-0.15, -0.1) is 10.2 Å². The Hall–Kier alpha value is -2.22. The Labute approximate surface area is 111 Å². The minimum Gasteiger partial charge on any atom is -0.362 e. The van der Waals surface area contributed by atoms with Gasteiger partial charge in [-0.3, -0.25) is 0 Å². The molecule has 0 aliphatic rings. The van der Waals surface area contributed by atoms with Gasteiger partial charge in [0.1, 0.15) is 23.8 Å². The van der Waals surface area contributed by atoms with Gasteiger partial charge < -0.3 is 15.3 Å². The number of anilines is 2. The molecule has 0 aromatic carbocycles. The van der Waals surface area contributed by atoms with Gasteiger partial charge in [-0.2, -0.15) is 0 Å². The van der Waals surface area contributed by atoms with Crippen molar-refractivity contribution in [1.29, 1.82) is 0 Å². The Bertz CT molecular complexity index is 562. The first kappa shape index (κ1) is 13.2. The molecule has 2 rings (SSSR count). The molecule has 0 aliphatic carbocycles. The highest BCUT2D eigenvalue weighted by molar-refractivity contribution is 5.56. The van der Waals surface area contributed by atoms with E-state index < -0.39 is 0 Å². The van der Waals surface area contributed by atoms with Crippen LogP contribution in [0.15, 0.2) is 6.33 Å². The number of hydrazine groups is 1. The van der Waals surface area contributed by atoms with Crippen LogP contribution in [-0.4, -0.2) is 24.7 Å². The lowest BCUT2D eigenvalue weighted by Crippen LogP contribution is -2.15. The molecule has 0 aliphatic heterocycles. The number of nitrogens with one attached hydrogen (secondary N) is 2. The second kappa shape index (κ2) is 5.61. The molecular formula is C11H18N8. The smallest absolute Gasteiger partial charge is 0.151 e. The van der Waals surface area contributed by atoms with Gasteiger partial charge in [0.05, 0.1) is 6.54 Å². The number of hydrogen-bond acceptors (Lipinski definition) is 7. The van der Waals surface area contributed by atoms with Crippen molar-refractivity contribution in [2.24, 2.45) is 12.9 Å². The van der Waals surface area contributed by atoms with E-state index in [0.29, 0.717) is 12.4 Å². The zero-order chi connectivity index (χ0) is 13.8. The molecule has 19 heavy (non-hydrogen) atoms. The maximum Gasteiger partial charge on any atom is 0.151 e. The number of aryl methyl sites for hydroxylation is 2. The highest BCUT2D eigenvalue weighted by atomic mass is 15.3. The van der Waals surface area contributed by atoms with E-state index in [9.17, 15) is 0 Å². The fraction of sp³-hybridized carbons (Fsp3) is 0.455. The lowest BCUT2D eigenvalue weighted by Gasteiger charge is -2.12. The summed E-state index contributed by atoms with van der Waals surface area (Å²) >= 11 is 0. The Balaban J connectivity index is 2.22. The first-order valence-electron chi connectivity index (χ1n) is 6.06. The van der Waals surface area contributed by atoms with Crippen LogP contribution in [0, 0.1) is 6.92 Å². The summed E-state index contributed by atoms with van der Waals surface area (Å²) < 4.78 is 1.85. The molecular weight excluding hydrogens is 244 g/mol. The lowest BCUT2D eigenvalue weighted by molar-refractivity contribution is 0.806. The van der Waals surface area contributed by atoms with Crippen molar-refractivity contribution >= 4 is 11.6 Å². The average molecular weight is 262 g/mol. The number of rotatable bonds is 5. The van der Waals surface area contributed by atoms with Crippen molar-refractivity contribution in [3.8, 4) is 0 Å². The summed E-state index contributed by atoms with van der Waals surface area (Å²) in [5, 5.41) is 11.1. The van der Waals surface area contributed by atoms with Gasteiger partial charge in [-0.1, -0.05) is 6.92 Å². The molecule has 0 atom stereocenters. The van der Waals surface area contributed by atoms with Gasteiger partial charge in [0.15, 0.2) is 5.82 Å². The molecule has 0 saturated heterocycles. The lowest BCUT2D eigenvalue weighted by atomic mass is 10.3. The summed E-state index contributed by atoms with van der Waals surface area (Å²) in [6.07, 6.45) is 2.40. The number of aromatic nitrogens is 5. The first-order chi connectivity index (χ1) is 9.15. The molecule has 2 heterocycles. The molecule has 2 aromatic heterocycles.